The zero-order valence-corrected chi connectivity index (χ0v) is 20.5. The lowest BCUT2D eigenvalue weighted by Crippen LogP contribution is -2.46. The van der Waals surface area contributed by atoms with Crippen molar-refractivity contribution in [2.75, 3.05) is 31.2 Å². The van der Waals surface area contributed by atoms with E-state index in [0.29, 0.717) is 30.6 Å². The topological polar surface area (TPSA) is 97.0 Å². The van der Waals surface area contributed by atoms with Gasteiger partial charge in [-0.2, -0.15) is 0 Å². The Kier molecular flexibility index (Phi) is 9.14. The zero-order chi connectivity index (χ0) is 23.7. The summed E-state index contributed by atoms with van der Waals surface area (Å²) in [5, 5.41) is 3.52. The molecule has 1 aliphatic rings. The lowest BCUT2D eigenvalue weighted by molar-refractivity contribution is 0.234. The van der Waals surface area contributed by atoms with Crippen LogP contribution in [0.3, 0.4) is 0 Å². The Balaban J connectivity index is 1.62. The first kappa shape index (κ1) is 25.1. The Hall–Kier alpha value is -2.58. The summed E-state index contributed by atoms with van der Waals surface area (Å²) in [7, 11) is -3.19. The maximum absolute atomic E-state index is 11.6. The molecule has 1 saturated heterocycles. The number of piperidine rings is 1. The molecule has 0 bridgehead atoms. The van der Waals surface area contributed by atoms with Crippen molar-refractivity contribution in [3.8, 4) is 5.75 Å². The Bertz CT molecular complexity index is 1000. The first-order valence-electron chi connectivity index (χ1n) is 11.7. The van der Waals surface area contributed by atoms with Gasteiger partial charge in [-0.15, -0.1) is 0 Å². The Labute approximate surface area is 198 Å². The van der Waals surface area contributed by atoms with Crippen molar-refractivity contribution in [3.05, 3.63) is 54.1 Å². The summed E-state index contributed by atoms with van der Waals surface area (Å²) >= 11 is 0. The number of likely N-dealkylation sites (tertiary alicyclic amines) is 1. The van der Waals surface area contributed by atoms with Gasteiger partial charge in [0.15, 0.2) is 15.8 Å². The molecule has 0 spiro atoms. The smallest absolute Gasteiger partial charge is 0.198 e. The molecule has 33 heavy (non-hydrogen) atoms. The Morgan fingerprint density at radius 2 is 1.88 bits per heavy atom. The Morgan fingerprint density at radius 1 is 1.15 bits per heavy atom. The fraction of sp³-hybridized carbons (Fsp3) is 0.480. The van der Waals surface area contributed by atoms with Crippen molar-refractivity contribution in [1.82, 2.24) is 4.90 Å². The summed E-state index contributed by atoms with van der Waals surface area (Å²) < 4.78 is 29.1. The van der Waals surface area contributed by atoms with E-state index in [4.69, 9.17) is 15.5 Å². The van der Waals surface area contributed by atoms with E-state index < -0.39 is 9.84 Å². The highest BCUT2D eigenvalue weighted by Crippen LogP contribution is 2.22. The highest BCUT2D eigenvalue weighted by molar-refractivity contribution is 7.90. The van der Waals surface area contributed by atoms with Crippen molar-refractivity contribution < 1.29 is 13.2 Å². The van der Waals surface area contributed by atoms with Gasteiger partial charge in [0.1, 0.15) is 12.4 Å². The number of aliphatic imine (C=N–C) groups is 1. The lowest BCUT2D eigenvalue weighted by atomic mass is 10.0. The highest BCUT2D eigenvalue weighted by Gasteiger charge is 2.24. The number of guanidine groups is 1. The number of ether oxygens (including phenoxy) is 1. The molecule has 3 rings (SSSR count). The number of benzene rings is 2. The van der Waals surface area contributed by atoms with Crippen LogP contribution in [0.4, 0.5) is 5.69 Å². The third kappa shape index (κ3) is 7.47. The van der Waals surface area contributed by atoms with Gasteiger partial charge >= 0.3 is 0 Å². The molecule has 1 atom stereocenters. The van der Waals surface area contributed by atoms with Gasteiger partial charge in [0.2, 0.25) is 0 Å². The second kappa shape index (κ2) is 12.0. The SMILES string of the molecule is CCC1CCCCN1C(=NCCCN)Nc1ccc(OCc2ccc(S(C)(=O)=O)cc2)cc1. The van der Waals surface area contributed by atoms with E-state index in [-0.39, 0.29) is 0 Å². The van der Waals surface area contributed by atoms with E-state index in [9.17, 15) is 8.42 Å². The van der Waals surface area contributed by atoms with Crippen LogP contribution in [-0.2, 0) is 16.4 Å². The fourth-order valence-electron chi connectivity index (χ4n) is 3.95. The number of rotatable bonds is 9. The van der Waals surface area contributed by atoms with Gasteiger partial charge < -0.3 is 20.7 Å². The molecule has 180 valence electrons. The summed E-state index contributed by atoms with van der Waals surface area (Å²) in [6.45, 7) is 4.98. The van der Waals surface area contributed by atoms with Crippen molar-refractivity contribution in [1.29, 1.82) is 0 Å². The summed E-state index contributed by atoms with van der Waals surface area (Å²) in [4.78, 5) is 7.55. The first-order chi connectivity index (χ1) is 15.9. The van der Waals surface area contributed by atoms with Crippen molar-refractivity contribution in [2.45, 2.75) is 56.6 Å². The minimum absolute atomic E-state index is 0.310. The van der Waals surface area contributed by atoms with Gasteiger partial charge in [0.25, 0.3) is 0 Å². The fourth-order valence-corrected chi connectivity index (χ4v) is 4.58. The average molecular weight is 473 g/mol. The molecular formula is C25H36N4O3S. The van der Waals surface area contributed by atoms with Crippen molar-refractivity contribution in [2.24, 2.45) is 10.7 Å². The van der Waals surface area contributed by atoms with Crippen LogP contribution in [0.2, 0.25) is 0 Å². The molecule has 0 amide bonds. The van der Waals surface area contributed by atoms with E-state index in [1.165, 1.54) is 25.5 Å². The molecule has 3 N–H and O–H groups in total. The number of hydrogen-bond acceptors (Lipinski definition) is 5. The van der Waals surface area contributed by atoms with Crippen LogP contribution in [0.5, 0.6) is 5.75 Å². The predicted molar refractivity (Wildman–Crippen MR) is 135 cm³/mol. The van der Waals surface area contributed by atoms with Crippen LogP contribution in [0.15, 0.2) is 58.4 Å². The molecule has 0 aliphatic carbocycles. The van der Waals surface area contributed by atoms with Crippen LogP contribution in [0.1, 0.15) is 44.6 Å². The van der Waals surface area contributed by atoms with Crippen LogP contribution in [-0.4, -0.2) is 51.2 Å². The van der Waals surface area contributed by atoms with Crippen LogP contribution < -0.4 is 15.8 Å². The number of hydrogen-bond donors (Lipinski definition) is 2. The second-order valence-corrected chi connectivity index (χ2v) is 10.5. The van der Waals surface area contributed by atoms with Crippen LogP contribution in [0, 0.1) is 0 Å². The van der Waals surface area contributed by atoms with E-state index >= 15 is 0 Å². The molecule has 8 heteroatoms. The van der Waals surface area contributed by atoms with E-state index in [1.807, 2.05) is 24.3 Å². The second-order valence-electron chi connectivity index (χ2n) is 8.45. The molecule has 2 aromatic carbocycles. The number of nitrogens with two attached hydrogens (primary N) is 1. The number of nitrogens with zero attached hydrogens (tertiary/aromatic N) is 2. The number of sulfone groups is 1. The third-order valence-corrected chi connectivity index (χ3v) is 6.99. The van der Waals surface area contributed by atoms with Crippen LogP contribution >= 0.6 is 0 Å². The molecule has 0 radical (unpaired) electrons. The molecule has 7 nitrogen and oxygen atoms in total. The standard InChI is InChI=1S/C25H36N4O3S/c1-3-22-7-4-5-18-29(22)25(27-17-6-16-26)28-21-10-12-23(13-11-21)32-19-20-8-14-24(15-9-20)33(2,30)31/h8-15,22H,3-7,16-19,26H2,1-2H3,(H,27,28). The van der Waals surface area contributed by atoms with Crippen LogP contribution in [0.25, 0.3) is 0 Å². The van der Waals surface area contributed by atoms with Crippen molar-refractivity contribution in [3.63, 3.8) is 0 Å². The van der Waals surface area contributed by atoms with Crippen molar-refractivity contribution >= 4 is 21.5 Å². The quantitative estimate of drug-likeness (QED) is 0.325. The molecule has 0 aromatic heterocycles. The van der Waals surface area contributed by atoms with E-state index in [1.54, 1.807) is 24.3 Å². The molecule has 1 unspecified atom stereocenters. The van der Waals surface area contributed by atoms with Gasteiger partial charge in [-0.25, -0.2) is 8.42 Å². The van der Waals surface area contributed by atoms with Gasteiger partial charge in [-0.05, 0) is 80.6 Å². The minimum atomic E-state index is -3.19. The molecule has 2 aromatic rings. The summed E-state index contributed by atoms with van der Waals surface area (Å²) in [5.41, 5.74) is 7.55. The molecule has 0 saturated carbocycles. The van der Waals surface area contributed by atoms with Gasteiger partial charge in [-0.1, -0.05) is 19.1 Å². The molecule has 1 aliphatic heterocycles. The van der Waals surface area contributed by atoms with E-state index in [0.717, 1.165) is 42.3 Å². The maximum atomic E-state index is 11.6. The predicted octanol–water partition coefficient (Wildman–Crippen LogP) is 4.05. The minimum Gasteiger partial charge on any atom is -0.489 e. The molecule has 1 fully saturated rings. The summed E-state index contributed by atoms with van der Waals surface area (Å²) in [6.07, 6.45) is 6.84. The van der Waals surface area contributed by atoms with E-state index in [2.05, 4.69) is 17.1 Å². The number of nitrogens with one attached hydrogen (secondary N) is 1. The van der Waals surface area contributed by atoms with Gasteiger partial charge in [0.05, 0.1) is 4.90 Å². The van der Waals surface area contributed by atoms with Gasteiger partial charge in [0, 0.05) is 31.1 Å². The highest BCUT2D eigenvalue weighted by atomic mass is 32.2. The molecule has 1 heterocycles. The summed E-state index contributed by atoms with van der Waals surface area (Å²) in [6, 6.07) is 15.1. The zero-order valence-electron chi connectivity index (χ0n) is 19.7. The monoisotopic (exact) mass is 472 g/mol. The lowest BCUT2D eigenvalue weighted by Gasteiger charge is -2.37. The largest absolute Gasteiger partial charge is 0.489 e. The average Bonchev–Trinajstić information content (AvgIpc) is 2.83. The Morgan fingerprint density at radius 3 is 2.52 bits per heavy atom. The molecular weight excluding hydrogens is 436 g/mol. The van der Waals surface area contributed by atoms with Gasteiger partial charge in [-0.3, -0.25) is 4.99 Å². The third-order valence-electron chi connectivity index (χ3n) is 5.86. The first-order valence-corrected chi connectivity index (χ1v) is 13.6. The number of anilines is 1. The normalized spacial score (nSPS) is 17.1. The maximum Gasteiger partial charge on any atom is 0.198 e. The summed E-state index contributed by atoms with van der Waals surface area (Å²) in [5.74, 6) is 1.67.